The summed E-state index contributed by atoms with van der Waals surface area (Å²) in [5, 5.41) is 9.04. The highest BCUT2D eigenvalue weighted by atomic mass is 35.5. The van der Waals surface area contributed by atoms with E-state index in [2.05, 4.69) is 0 Å². The Labute approximate surface area is 224 Å². The maximum Gasteiger partial charge on any atom is 0.320 e. The second-order valence-corrected chi connectivity index (χ2v) is 10.8. The molecule has 0 aromatic heterocycles. The van der Waals surface area contributed by atoms with E-state index in [9.17, 15) is 26.8 Å². The maximum atomic E-state index is 14.4. The van der Waals surface area contributed by atoms with E-state index < -0.39 is 45.1 Å². The molecule has 0 bridgehead atoms. The highest BCUT2D eigenvalue weighted by Gasteiger charge is 2.52. The first-order valence-electron chi connectivity index (χ1n) is 11.2. The second-order valence-electron chi connectivity index (χ2n) is 8.87. The quantitative estimate of drug-likeness (QED) is 0.379. The molecule has 12 heteroatoms. The fraction of sp³-hybridized carbons (Fsp3) is 0.231. The molecule has 38 heavy (non-hydrogen) atoms. The Hall–Kier alpha value is -3.38. The first-order chi connectivity index (χ1) is 17.4. The van der Waals surface area contributed by atoms with Crippen molar-refractivity contribution in [2.45, 2.75) is 29.9 Å². The van der Waals surface area contributed by atoms with Gasteiger partial charge in [-0.15, -0.1) is 12.4 Å². The van der Waals surface area contributed by atoms with Gasteiger partial charge in [0.2, 0.25) is 10.0 Å². The number of carboxylic acids is 1. The SMILES string of the molecule is CC(=O)c1ccc(OC2(c3ccc(F)cc3)CN(S(=O)(=O)c3cccc(CC(N)C(=O)O)c3)C2)cc1F.Cl. The average molecular weight is 567 g/mol. The van der Waals surface area contributed by atoms with E-state index in [1.807, 2.05) is 0 Å². The number of ketones is 1. The number of rotatable bonds is 9. The number of ether oxygens (including phenoxy) is 1. The fourth-order valence-electron chi connectivity index (χ4n) is 4.15. The van der Waals surface area contributed by atoms with Gasteiger partial charge in [0.25, 0.3) is 0 Å². The van der Waals surface area contributed by atoms with E-state index >= 15 is 0 Å². The number of carboxylic acid groups (broad SMARTS) is 1. The van der Waals surface area contributed by atoms with E-state index in [4.69, 9.17) is 15.6 Å². The minimum atomic E-state index is -4.01. The summed E-state index contributed by atoms with van der Waals surface area (Å²) in [6.07, 6.45) is -0.0524. The van der Waals surface area contributed by atoms with Gasteiger partial charge in [-0.1, -0.05) is 24.3 Å². The van der Waals surface area contributed by atoms with Crippen molar-refractivity contribution in [3.8, 4) is 5.75 Å². The van der Waals surface area contributed by atoms with Crippen LogP contribution >= 0.6 is 12.4 Å². The number of carbonyl (C=O) groups excluding carboxylic acids is 1. The smallest absolute Gasteiger partial charge is 0.320 e. The van der Waals surface area contributed by atoms with Crippen molar-refractivity contribution in [3.05, 3.63) is 95.1 Å². The number of carbonyl (C=O) groups is 2. The molecule has 3 aromatic rings. The third-order valence-corrected chi connectivity index (χ3v) is 7.96. The van der Waals surface area contributed by atoms with Gasteiger partial charge in [-0.3, -0.25) is 9.59 Å². The van der Waals surface area contributed by atoms with E-state index in [0.29, 0.717) is 11.1 Å². The van der Waals surface area contributed by atoms with Crippen LogP contribution in [-0.4, -0.2) is 48.7 Å². The molecule has 1 atom stereocenters. The standard InChI is InChI=1S/C26H24F2N2O6S.ClH/c1-16(31)22-10-9-20(13-23(22)28)36-26(18-5-7-19(27)8-6-18)14-30(15-26)37(34,35)21-4-2-3-17(11-21)12-24(29)25(32)33;/h2-11,13,24H,12,14-15,29H2,1H3,(H,32,33);1H. The summed E-state index contributed by atoms with van der Waals surface area (Å²) in [6, 6.07) is 13.8. The van der Waals surface area contributed by atoms with Crippen molar-refractivity contribution >= 4 is 34.2 Å². The number of hydrogen-bond acceptors (Lipinski definition) is 6. The number of nitrogens with two attached hydrogens (primary N) is 1. The van der Waals surface area contributed by atoms with Crippen LogP contribution in [0.4, 0.5) is 8.78 Å². The third kappa shape index (κ3) is 5.86. The molecule has 1 aliphatic heterocycles. The lowest BCUT2D eigenvalue weighted by Gasteiger charge is -2.48. The summed E-state index contributed by atoms with van der Waals surface area (Å²) in [4.78, 5) is 22.6. The molecule has 0 saturated carbocycles. The van der Waals surface area contributed by atoms with Crippen molar-refractivity contribution in [1.29, 1.82) is 0 Å². The van der Waals surface area contributed by atoms with Gasteiger partial charge in [0, 0.05) is 6.07 Å². The second kappa shape index (κ2) is 11.2. The van der Waals surface area contributed by atoms with Crippen LogP contribution in [-0.2, 0) is 26.8 Å². The molecule has 1 saturated heterocycles. The average Bonchev–Trinajstić information content (AvgIpc) is 2.81. The molecule has 1 heterocycles. The van der Waals surface area contributed by atoms with Crippen LogP contribution < -0.4 is 10.5 Å². The maximum absolute atomic E-state index is 14.4. The molecule has 4 rings (SSSR count). The lowest BCUT2D eigenvalue weighted by atomic mass is 9.87. The van der Waals surface area contributed by atoms with E-state index in [0.717, 1.165) is 10.4 Å². The minimum absolute atomic E-state index is 0. The summed E-state index contributed by atoms with van der Waals surface area (Å²) in [6.45, 7) is 0.920. The topological polar surface area (TPSA) is 127 Å². The number of aliphatic carboxylic acids is 1. The van der Waals surface area contributed by atoms with Crippen LogP contribution in [0, 0.1) is 11.6 Å². The van der Waals surface area contributed by atoms with Crippen molar-refractivity contribution in [2.24, 2.45) is 5.73 Å². The summed E-state index contributed by atoms with van der Waals surface area (Å²) < 4.78 is 61.9. The van der Waals surface area contributed by atoms with Crippen molar-refractivity contribution in [3.63, 3.8) is 0 Å². The summed E-state index contributed by atoms with van der Waals surface area (Å²) >= 11 is 0. The fourth-order valence-corrected chi connectivity index (χ4v) is 5.75. The molecule has 1 unspecified atom stereocenters. The van der Waals surface area contributed by atoms with Crippen molar-refractivity contribution < 1.29 is 36.6 Å². The van der Waals surface area contributed by atoms with Gasteiger partial charge in [0.1, 0.15) is 23.4 Å². The Morgan fingerprint density at radius 1 is 1.08 bits per heavy atom. The molecule has 3 N–H and O–H groups in total. The Bertz CT molecular complexity index is 1460. The van der Waals surface area contributed by atoms with Crippen LogP contribution in [0.25, 0.3) is 0 Å². The lowest BCUT2D eigenvalue weighted by molar-refractivity contribution is -0.138. The molecule has 0 radical (unpaired) electrons. The highest BCUT2D eigenvalue weighted by Crippen LogP contribution is 2.40. The van der Waals surface area contributed by atoms with E-state index in [1.165, 1.54) is 61.5 Å². The van der Waals surface area contributed by atoms with Crippen LogP contribution in [0.1, 0.15) is 28.4 Å². The zero-order valence-corrected chi connectivity index (χ0v) is 21.8. The molecular weight excluding hydrogens is 542 g/mol. The number of halogens is 3. The number of sulfonamides is 1. The number of Topliss-reactive ketones (excluding diaryl/α,β-unsaturated/α-hetero) is 1. The summed E-state index contributed by atoms with van der Waals surface area (Å²) in [5.41, 5.74) is 5.15. The van der Waals surface area contributed by atoms with Gasteiger partial charge in [-0.2, -0.15) is 4.31 Å². The first kappa shape index (κ1) is 29.2. The third-order valence-electron chi connectivity index (χ3n) is 6.18. The van der Waals surface area contributed by atoms with Crippen molar-refractivity contribution in [2.75, 3.05) is 13.1 Å². The van der Waals surface area contributed by atoms with Gasteiger partial charge < -0.3 is 15.6 Å². The van der Waals surface area contributed by atoms with E-state index in [1.54, 1.807) is 6.07 Å². The Morgan fingerprint density at radius 3 is 2.32 bits per heavy atom. The molecule has 202 valence electrons. The number of benzene rings is 3. The molecule has 8 nitrogen and oxygen atoms in total. The molecule has 1 aliphatic rings. The van der Waals surface area contributed by atoms with Gasteiger partial charge in [0.15, 0.2) is 11.4 Å². The van der Waals surface area contributed by atoms with E-state index in [-0.39, 0.29) is 48.1 Å². The Kier molecular flexibility index (Phi) is 8.57. The normalized spacial score (nSPS) is 15.6. The van der Waals surface area contributed by atoms with Crippen molar-refractivity contribution in [1.82, 2.24) is 4.31 Å². The number of nitrogens with zero attached hydrogens (tertiary/aromatic N) is 1. The van der Waals surface area contributed by atoms with Crippen LogP contribution in [0.5, 0.6) is 5.75 Å². The first-order valence-corrected chi connectivity index (χ1v) is 12.7. The monoisotopic (exact) mass is 566 g/mol. The zero-order valence-electron chi connectivity index (χ0n) is 20.1. The Balaban J connectivity index is 0.00000400. The minimum Gasteiger partial charge on any atom is -0.480 e. The van der Waals surface area contributed by atoms with Gasteiger partial charge >= 0.3 is 5.97 Å². The lowest BCUT2D eigenvalue weighted by Crippen LogP contribution is -2.64. The summed E-state index contributed by atoms with van der Waals surface area (Å²) in [5.74, 6) is -2.85. The number of hydrogen-bond donors (Lipinski definition) is 2. The van der Waals surface area contributed by atoms with Crippen LogP contribution in [0.2, 0.25) is 0 Å². The summed E-state index contributed by atoms with van der Waals surface area (Å²) in [7, 11) is -4.01. The molecular formula is C26H25ClF2N2O6S. The van der Waals surface area contributed by atoms with Gasteiger partial charge in [-0.05, 0) is 60.9 Å². The predicted molar refractivity (Wildman–Crippen MR) is 137 cm³/mol. The molecule has 1 fully saturated rings. The highest BCUT2D eigenvalue weighted by molar-refractivity contribution is 7.89. The Morgan fingerprint density at radius 2 is 1.74 bits per heavy atom. The zero-order chi connectivity index (χ0) is 27.0. The predicted octanol–water partition coefficient (Wildman–Crippen LogP) is 3.52. The van der Waals surface area contributed by atoms with Gasteiger partial charge in [-0.25, -0.2) is 17.2 Å². The van der Waals surface area contributed by atoms with Gasteiger partial charge in [0.05, 0.1) is 23.5 Å². The molecule has 0 aliphatic carbocycles. The van der Waals surface area contributed by atoms with Crippen LogP contribution in [0.15, 0.2) is 71.6 Å². The molecule has 3 aromatic carbocycles. The van der Waals surface area contributed by atoms with Crippen LogP contribution in [0.3, 0.4) is 0 Å². The molecule has 0 spiro atoms. The molecule has 0 amide bonds. The largest absolute Gasteiger partial charge is 0.480 e.